The van der Waals surface area contributed by atoms with E-state index in [1.165, 1.54) is 0 Å². The molecule has 1 rings (SSSR count). The van der Waals surface area contributed by atoms with Crippen LogP contribution >= 0.6 is 39.1 Å². The first-order chi connectivity index (χ1) is 5.16. The highest BCUT2D eigenvalue weighted by Crippen LogP contribution is 2.36. The lowest BCUT2D eigenvalue weighted by atomic mass is 10.3. The highest BCUT2D eigenvalue weighted by Gasteiger charge is 2.07. The van der Waals surface area contributed by atoms with Gasteiger partial charge in [-0.25, -0.2) is 0 Å². The maximum Gasteiger partial charge on any atom is 0.134 e. The summed E-state index contributed by atoms with van der Waals surface area (Å²) in [5, 5.41) is 0.991. The molecule has 0 N–H and O–H groups in total. The van der Waals surface area contributed by atoms with Gasteiger partial charge in [0.1, 0.15) is 5.75 Å². The number of hydrogen-bond acceptors (Lipinski definition) is 1. The van der Waals surface area contributed by atoms with Crippen molar-refractivity contribution in [2.45, 2.75) is 0 Å². The van der Waals surface area contributed by atoms with Crippen molar-refractivity contribution >= 4 is 39.1 Å². The molecule has 0 amide bonds. The minimum absolute atomic E-state index is 0.478. The van der Waals surface area contributed by atoms with Crippen molar-refractivity contribution in [3.8, 4) is 5.75 Å². The van der Waals surface area contributed by atoms with Crippen LogP contribution in [0.15, 0.2) is 16.6 Å². The zero-order chi connectivity index (χ0) is 8.43. The number of benzene rings is 1. The second-order valence-corrected chi connectivity index (χ2v) is 3.46. The molecule has 1 aromatic carbocycles. The molecule has 0 aliphatic rings. The highest BCUT2D eigenvalue weighted by atomic mass is 79.9. The van der Waals surface area contributed by atoms with E-state index in [0.29, 0.717) is 20.3 Å². The predicted octanol–water partition coefficient (Wildman–Crippen LogP) is 3.76. The fraction of sp³-hybridized carbons (Fsp3) is 0.143. The monoisotopic (exact) mass is 254 g/mol. The average molecular weight is 256 g/mol. The molecule has 0 spiro atoms. The van der Waals surface area contributed by atoms with Crippen LogP contribution in [0.1, 0.15) is 0 Å². The van der Waals surface area contributed by atoms with Crippen LogP contribution in [0.2, 0.25) is 10.0 Å². The lowest BCUT2D eigenvalue weighted by Crippen LogP contribution is -1.84. The van der Waals surface area contributed by atoms with Crippen molar-refractivity contribution in [1.82, 2.24) is 0 Å². The Hall–Kier alpha value is 0.0800. The van der Waals surface area contributed by atoms with Gasteiger partial charge in [-0.05, 0) is 28.1 Å². The zero-order valence-corrected chi connectivity index (χ0v) is 8.79. The molecule has 0 radical (unpaired) electrons. The summed E-state index contributed by atoms with van der Waals surface area (Å²) in [7, 11) is 1.57. The number of rotatable bonds is 1. The van der Waals surface area contributed by atoms with Crippen LogP contribution in [-0.2, 0) is 0 Å². The summed E-state index contributed by atoms with van der Waals surface area (Å²) < 4.78 is 5.68. The van der Waals surface area contributed by atoms with Gasteiger partial charge in [-0.2, -0.15) is 0 Å². The largest absolute Gasteiger partial charge is 0.496 e. The Morgan fingerprint density at radius 1 is 1.36 bits per heavy atom. The standard InChI is InChI=1S/C7H5BrCl2O/c1-11-5-3-2-4(9)7(10)6(5)8/h2-3H,1H3. The van der Waals surface area contributed by atoms with Crippen LogP contribution in [0, 0.1) is 0 Å². The van der Waals surface area contributed by atoms with Crippen LogP contribution in [0.4, 0.5) is 0 Å². The Bertz CT molecular complexity index is 275. The van der Waals surface area contributed by atoms with Crippen molar-refractivity contribution in [2.24, 2.45) is 0 Å². The van der Waals surface area contributed by atoms with Gasteiger partial charge >= 0.3 is 0 Å². The molecular weight excluding hydrogens is 251 g/mol. The fourth-order valence-corrected chi connectivity index (χ4v) is 1.60. The number of ether oxygens (including phenoxy) is 1. The maximum atomic E-state index is 5.80. The summed E-state index contributed by atoms with van der Waals surface area (Å²) in [6.07, 6.45) is 0. The molecule has 0 saturated carbocycles. The Kier molecular flexibility index (Phi) is 3.05. The van der Waals surface area contributed by atoms with Gasteiger partial charge in [-0.3, -0.25) is 0 Å². The van der Waals surface area contributed by atoms with Crippen LogP contribution in [-0.4, -0.2) is 7.11 Å². The zero-order valence-electron chi connectivity index (χ0n) is 5.70. The number of methoxy groups -OCH3 is 1. The molecule has 1 aromatic rings. The van der Waals surface area contributed by atoms with Gasteiger partial charge in [0.05, 0.1) is 21.6 Å². The summed E-state index contributed by atoms with van der Waals surface area (Å²) >= 11 is 14.8. The van der Waals surface area contributed by atoms with E-state index in [2.05, 4.69) is 15.9 Å². The molecule has 0 unspecified atom stereocenters. The third-order valence-electron chi connectivity index (χ3n) is 1.22. The molecule has 0 saturated heterocycles. The molecule has 0 aromatic heterocycles. The first kappa shape index (κ1) is 9.17. The SMILES string of the molecule is COc1ccc(Cl)c(Cl)c1Br. The van der Waals surface area contributed by atoms with Crippen LogP contribution in [0.3, 0.4) is 0 Å². The van der Waals surface area contributed by atoms with Gasteiger partial charge in [-0.1, -0.05) is 23.2 Å². The lowest BCUT2D eigenvalue weighted by molar-refractivity contribution is 0.412. The summed E-state index contributed by atoms with van der Waals surface area (Å²) in [6.45, 7) is 0. The van der Waals surface area contributed by atoms with E-state index in [9.17, 15) is 0 Å². The molecule has 60 valence electrons. The average Bonchev–Trinajstić information content (AvgIpc) is 2.01. The topological polar surface area (TPSA) is 9.23 Å². The van der Waals surface area contributed by atoms with Crippen molar-refractivity contribution in [2.75, 3.05) is 7.11 Å². The van der Waals surface area contributed by atoms with E-state index in [0.717, 1.165) is 0 Å². The number of halogens is 3. The summed E-state index contributed by atoms with van der Waals surface area (Å²) in [6, 6.07) is 3.44. The van der Waals surface area contributed by atoms with E-state index in [-0.39, 0.29) is 0 Å². The quantitative estimate of drug-likeness (QED) is 0.695. The van der Waals surface area contributed by atoms with E-state index >= 15 is 0 Å². The second-order valence-electron chi connectivity index (χ2n) is 1.88. The van der Waals surface area contributed by atoms with Gasteiger partial charge in [0, 0.05) is 0 Å². The first-order valence-corrected chi connectivity index (χ1v) is 4.39. The minimum atomic E-state index is 0.478. The lowest BCUT2D eigenvalue weighted by Gasteiger charge is -2.04. The molecule has 0 fully saturated rings. The van der Waals surface area contributed by atoms with Gasteiger partial charge in [-0.15, -0.1) is 0 Å². The summed E-state index contributed by atoms with van der Waals surface area (Å²) in [5.41, 5.74) is 0. The molecular formula is C7H5BrCl2O. The molecule has 11 heavy (non-hydrogen) atoms. The Morgan fingerprint density at radius 2 is 2.00 bits per heavy atom. The predicted molar refractivity (Wildman–Crippen MR) is 50.7 cm³/mol. The van der Waals surface area contributed by atoms with E-state index < -0.39 is 0 Å². The molecule has 0 heterocycles. The molecule has 0 atom stereocenters. The Balaban J connectivity index is 3.25. The maximum absolute atomic E-state index is 5.80. The summed E-state index contributed by atoms with van der Waals surface area (Å²) in [5.74, 6) is 0.680. The molecule has 0 aliphatic carbocycles. The molecule has 0 bridgehead atoms. The number of hydrogen-bond donors (Lipinski definition) is 0. The Morgan fingerprint density at radius 3 is 2.55 bits per heavy atom. The smallest absolute Gasteiger partial charge is 0.134 e. The molecule has 1 nitrogen and oxygen atoms in total. The van der Waals surface area contributed by atoms with Crippen LogP contribution in [0.5, 0.6) is 5.75 Å². The normalized spacial score (nSPS) is 9.82. The second kappa shape index (κ2) is 3.65. The van der Waals surface area contributed by atoms with Crippen LogP contribution < -0.4 is 4.74 Å². The Labute approximate surface area is 83.4 Å². The van der Waals surface area contributed by atoms with Gasteiger partial charge < -0.3 is 4.74 Å². The van der Waals surface area contributed by atoms with Gasteiger partial charge in [0.25, 0.3) is 0 Å². The van der Waals surface area contributed by atoms with E-state index in [1.807, 2.05) is 0 Å². The van der Waals surface area contributed by atoms with Crippen molar-refractivity contribution in [3.05, 3.63) is 26.7 Å². The van der Waals surface area contributed by atoms with E-state index in [4.69, 9.17) is 27.9 Å². The summed E-state index contributed by atoms with van der Waals surface area (Å²) in [4.78, 5) is 0. The highest BCUT2D eigenvalue weighted by molar-refractivity contribution is 9.10. The minimum Gasteiger partial charge on any atom is -0.496 e. The molecule has 0 aliphatic heterocycles. The van der Waals surface area contributed by atoms with Gasteiger partial charge in [0.2, 0.25) is 0 Å². The third kappa shape index (κ3) is 1.81. The molecule has 4 heteroatoms. The van der Waals surface area contributed by atoms with Crippen molar-refractivity contribution < 1.29 is 4.74 Å². The first-order valence-electron chi connectivity index (χ1n) is 2.84. The van der Waals surface area contributed by atoms with Gasteiger partial charge in [0.15, 0.2) is 0 Å². The van der Waals surface area contributed by atoms with Crippen molar-refractivity contribution in [1.29, 1.82) is 0 Å². The fourth-order valence-electron chi connectivity index (χ4n) is 0.666. The third-order valence-corrected chi connectivity index (χ3v) is 3.04. The van der Waals surface area contributed by atoms with Crippen LogP contribution in [0.25, 0.3) is 0 Å². The van der Waals surface area contributed by atoms with E-state index in [1.54, 1.807) is 19.2 Å². The van der Waals surface area contributed by atoms with Crippen molar-refractivity contribution in [3.63, 3.8) is 0 Å².